The van der Waals surface area contributed by atoms with Gasteiger partial charge in [-0.2, -0.15) is 4.68 Å². The van der Waals surface area contributed by atoms with Crippen molar-refractivity contribution in [1.29, 1.82) is 0 Å². The molecule has 3 aromatic carbocycles. The number of benzene rings is 3. The van der Waals surface area contributed by atoms with Gasteiger partial charge >= 0.3 is 12.1 Å². The molecule has 1 aromatic heterocycles. The van der Waals surface area contributed by atoms with Crippen LogP contribution in [-0.4, -0.2) is 84.5 Å². The van der Waals surface area contributed by atoms with Crippen molar-refractivity contribution in [2.45, 2.75) is 49.1 Å². The summed E-state index contributed by atoms with van der Waals surface area (Å²) in [5.74, 6) is -0.793. The molecule has 46 heavy (non-hydrogen) atoms. The van der Waals surface area contributed by atoms with E-state index in [2.05, 4.69) is 25.7 Å². The van der Waals surface area contributed by atoms with Gasteiger partial charge in [0.2, 0.25) is 5.16 Å². The lowest BCUT2D eigenvalue weighted by atomic mass is 10.1. The predicted molar refractivity (Wildman–Crippen MR) is 173 cm³/mol. The molecule has 2 fully saturated rings. The van der Waals surface area contributed by atoms with Crippen molar-refractivity contribution in [2.75, 3.05) is 31.5 Å². The van der Waals surface area contributed by atoms with Crippen molar-refractivity contribution in [3.63, 3.8) is 0 Å². The number of nitrogens with zero attached hydrogens (tertiary/aromatic N) is 6. The van der Waals surface area contributed by atoms with Gasteiger partial charge in [0.1, 0.15) is 5.75 Å². The summed E-state index contributed by atoms with van der Waals surface area (Å²) in [7, 11) is 0. The molecular formula is C33H35N7O5S. The summed E-state index contributed by atoms with van der Waals surface area (Å²) >= 11 is 1.53. The van der Waals surface area contributed by atoms with E-state index in [1.807, 2.05) is 24.3 Å². The third-order valence-electron chi connectivity index (χ3n) is 8.16. The van der Waals surface area contributed by atoms with E-state index < -0.39 is 12.1 Å². The van der Waals surface area contributed by atoms with E-state index in [1.165, 1.54) is 48.7 Å². The molecule has 0 atom stereocenters. The van der Waals surface area contributed by atoms with Crippen LogP contribution in [-0.2, 0) is 6.54 Å². The number of tetrazole rings is 1. The number of rotatable bonds is 9. The minimum Gasteiger partial charge on any atom is -0.478 e. The Morgan fingerprint density at radius 3 is 2.20 bits per heavy atom. The first-order valence-electron chi connectivity index (χ1n) is 15.4. The van der Waals surface area contributed by atoms with E-state index in [9.17, 15) is 14.4 Å². The molecule has 2 amide bonds. The van der Waals surface area contributed by atoms with Gasteiger partial charge < -0.3 is 20.1 Å². The van der Waals surface area contributed by atoms with Gasteiger partial charge in [-0.15, -0.1) is 5.10 Å². The number of carbonyl (C=O) groups excluding carboxylic acids is 2. The van der Waals surface area contributed by atoms with Gasteiger partial charge in [0.15, 0.2) is 0 Å². The summed E-state index contributed by atoms with van der Waals surface area (Å²) in [5, 5.41) is 24.8. The third-order valence-corrected chi connectivity index (χ3v) is 9.43. The molecule has 238 valence electrons. The number of aromatic nitrogens is 4. The van der Waals surface area contributed by atoms with Crippen molar-refractivity contribution in [3.05, 3.63) is 89.5 Å². The number of anilines is 1. The number of likely N-dealkylation sites (tertiary alicyclic amines) is 2. The lowest BCUT2D eigenvalue weighted by Gasteiger charge is -2.30. The van der Waals surface area contributed by atoms with Crippen LogP contribution < -0.4 is 10.1 Å². The molecule has 2 aliphatic heterocycles. The van der Waals surface area contributed by atoms with Crippen molar-refractivity contribution >= 4 is 35.4 Å². The highest BCUT2D eigenvalue weighted by molar-refractivity contribution is 7.99. The Labute approximate surface area is 270 Å². The molecule has 2 saturated heterocycles. The van der Waals surface area contributed by atoms with E-state index in [4.69, 9.17) is 9.84 Å². The van der Waals surface area contributed by atoms with Crippen LogP contribution in [0.25, 0.3) is 5.69 Å². The first-order chi connectivity index (χ1) is 22.4. The number of piperidine rings is 2. The smallest absolute Gasteiger partial charge is 0.415 e. The van der Waals surface area contributed by atoms with Gasteiger partial charge in [-0.1, -0.05) is 30.3 Å². The van der Waals surface area contributed by atoms with Crippen LogP contribution in [0, 0.1) is 0 Å². The third kappa shape index (κ3) is 7.90. The summed E-state index contributed by atoms with van der Waals surface area (Å²) in [6, 6.07) is 20.9. The van der Waals surface area contributed by atoms with Crippen molar-refractivity contribution in [2.24, 2.45) is 0 Å². The van der Waals surface area contributed by atoms with Crippen LogP contribution in [0.5, 0.6) is 5.75 Å². The summed E-state index contributed by atoms with van der Waals surface area (Å²) in [4.78, 5) is 40.9. The molecule has 0 saturated carbocycles. The molecular weight excluding hydrogens is 606 g/mol. The second-order valence-corrected chi connectivity index (χ2v) is 12.7. The number of thioether (sulfide) groups is 1. The predicted octanol–water partition coefficient (Wildman–Crippen LogP) is 5.35. The van der Waals surface area contributed by atoms with E-state index >= 15 is 0 Å². The highest BCUT2D eigenvalue weighted by Gasteiger charge is 2.26. The fourth-order valence-corrected chi connectivity index (χ4v) is 6.65. The minimum atomic E-state index is -0.996. The zero-order chi connectivity index (χ0) is 31.9. The first-order valence-corrected chi connectivity index (χ1v) is 16.3. The largest absolute Gasteiger partial charge is 0.478 e. The highest BCUT2D eigenvalue weighted by atomic mass is 32.2. The zero-order valence-electron chi connectivity index (χ0n) is 25.2. The number of hydrogen-bond donors (Lipinski definition) is 2. The summed E-state index contributed by atoms with van der Waals surface area (Å²) in [6.45, 7) is 4.22. The maximum atomic E-state index is 12.9. The van der Waals surface area contributed by atoms with Crippen LogP contribution in [0.4, 0.5) is 10.5 Å². The molecule has 4 aromatic rings. The number of carboxylic acid groups (broad SMARTS) is 1. The molecule has 0 radical (unpaired) electrons. The highest BCUT2D eigenvalue weighted by Crippen LogP contribution is 2.30. The van der Waals surface area contributed by atoms with E-state index in [-0.39, 0.29) is 16.7 Å². The standard InChI is InChI=1S/C33H35N7O5S/c41-30(24-6-4-23(5-7-24)22-38-18-2-1-3-19-38)34-26-10-14-28(15-11-26)45-33(44)39-20-16-29(17-21-39)46-32-35-36-37-40(32)27-12-8-25(9-13-27)31(42)43/h4-15,29H,1-3,16-22H2,(H,34,41)(H,42,43). The average molecular weight is 642 g/mol. The van der Waals surface area contributed by atoms with Gasteiger partial charge in [-0.05, 0) is 115 Å². The van der Waals surface area contributed by atoms with Crippen molar-refractivity contribution < 1.29 is 24.2 Å². The van der Waals surface area contributed by atoms with Crippen molar-refractivity contribution in [3.8, 4) is 11.4 Å². The molecule has 2 N–H and O–H groups in total. The molecule has 2 aliphatic rings. The van der Waals surface area contributed by atoms with E-state index in [1.54, 1.807) is 46.0 Å². The van der Waals surface area contributed by atoms with Gasteiger partial charge in [-0.25, -0.2) is 9.59 Å². The Hall–Kier alpha value is -4.75. The number of ether oxygens (including phenoxy) is 1. The number of aromatic carboxylic acids is 1. The summed E-state index contributed by atoms with van der Waals surface area (Å²) in [6.07, 6.45) is 4.84. The molecule has 0 aliphatic carbocycles. The zero-order valence-corrected chi connectivity index (χ0v) is 26.1. The number of nitrogens with one attached hydrogen (secondary N) is 1. The maximum absolute atomic E-state index is 12.9. The summed E-state index contributed by atoms with van der Waals surface area (Å²) in [5.41, 5.74) is 3.26. The van der Waals surface area contributed by atoms with Crippen LogP contribution in [0.2, 0.25) is 0 Å². The fraction of sp³-hybridized carbons (Fsp3) is 0.333. The quantitative estimate of drug-likeness (QED) is 0.245. The SMILES string of the molecule is O=C(O)c1ccc(-n2nnnc2SC2CCN(C(=O)Oc3ccc(NC(=O)c4ccc(CN5CCCCC5)cc4)cc3)CC2)cc1. The van der Waals surface area contributed by atoms with E-state index in [0.29, 0.717) is 40.9 Å². The Kier molecular flexibility index (Phi) is 9.89. The van der Waals surface area contributed by atoms with Crippen LogP contribution >= 0.6 is 11.8 Å². The molecule has 3 heterocycles. The van der Waals surface area contributed by atoms with Crippen LogP contribution in [0.1, 0.15) is 58.4 Å². The molecule has 0 spiro atoms. The van der Waals surface area contributed by atoms with Gasteiger partial charge in [0.05, 0.1) is 11.3 Å². The van der Waals surface area contributed by atoms with Crippen LogP contribution in [0.15, 0.2) is 78.0 Å². The monoisotopic (exact) mass is 641 g/mol. The topological polar surface area (TPSA) is 143 Å². The Morgan fingerprint density at radius 1 is 0.848 bits per heavy atom. The van der Waals surface area contributed by atoms with Crippen molar-refractivity contribution in [1.82, 2.24) is 30.0 Å². The molecule has 0 unspecified atom stereocenters. The molecule has 12 nitrogen and oxygen atoms in total. The number of hydrogen-bond acceptors (Lipinski definition) is 9. The normalized spacial score (nSPS) is 15.8. The molecule has 6 rings (SSSR count). The fourth-order valence-electron chi connectivity index (χ4n) is 5.58. The summed E-state index contributed by atoms with van der Waals surface area (Å²) < 4.78 is 7.18. The van der Waals surface area contributed by atoms with Gasteiger partial charge in [0.25, 0.3) is 5.91 Å². The van der Waals surface area contributed by atoms with Gasteiger partial charge in [0, 0.05) is 36.1 Å². The number of carbonyl (C=O) groups is 3. The Morgan fingerprint density at radius 2 is 1.52 bits per heavy atom. The molecule has 13 heteroatoms. The second-order valence-electron chi connectivity index (χ2n) is 11.4. The first kappa shape index (κ1) is 31.2. The van der Waals surface area contributed by atoms with Crippen LogP contribution in [0.3, 0.4) is 0 Å². The second kappa shape index (κ2) is 14.6. The van der Waals surface area contributed by atoms with Gasteiger partial charge in [-0.3, -0.25) is 9.69 Å². The molecule has 0 bridgehead atoms. The minimum absolute atomic E-state index is 0.188. The average Bonchev–Trinajstić information content (AvgIpc) is 3.55. The number of amides is 2. The lowest BCUT2D eigenvalue weighted by Crippen LogP contribution is -2.41. The number of carboxylic acids is 1. The lowest BCUT2D eigenvalue weighted by molar-refractivity contribution is 0.0696. The maximum Gasteiger partial charge on any atom is 0.415 e. The Balaban J connectivity index is 0.951. The Bertz CT molecular complexity index is 1650. The van der Waals surface area contributed by atoms with E-state index in [0.717, 1.165) is 32.5 Å².